The van der Waals surface area contributed by atoms with E-state index in [1.807, 2.05) is 0 Å². The minimum atomic E-state index is -0.620. The first-order chi connectivity index (χ1) is 9.65. The maximum atomic E-state index is 11.9. The van der Waals surface area contributed by atoms with Crippen LogP contribution in [0.3, 0.4) is 0 Å². The van der Waals surface area contributed by atoms with Crippen molar-refractivity contribution in [3.05, 3.63) is 23.5 Å². The van der Waals surface area contributed by atoms with Gasteiger partial charge in [0.25, 0.3) is 5.91 Å². The van der Waals surface area contributed by atoms with Gasteiger partial charge in [0.1, 0.15) is 5.69 Å². The molecule has 1 aliphatic carbocycles. The number of carbonyl (C=O) groups is 2. The average Bonchev–Trinajstić information content (AvgIpc) is 3.29. The molecule has 1 amide bonds. The fraction of sp³-hybridized carbons (Fsp3) is 0.500. The molecular weight excluding hydrogens is 260 g/mol. The summed E-state index contributed by atoms with van der Waals surface area (Å²) in [6.45, 7) is 2.86. The van der Waals surface area contributed by atoms with Crippen molar-refractivity contribution in [2.75, 3.05) is 20.3 Å². The van der Waals surface area contributed by atoms with Crippen LogP contribution in [0.1, 0.15) is 40.7 Å². The number of hydrogen-bond donors (Lipinski definition) is 1. The summed E-state index contributed by atoms with van der Waals surface area (Å²) in [7, 11) is 1.26. The summed E-state index contributed by atoms with van der Waals surface area (Å²) in [6.07, 6.45) is 2.31. The monoisotopic (exact) mass is 278 g/mol. The van der Waals surface area contributed by atoms with E-state index in [1.54, 1.807) is 19.1 Å². The van der Waals surface area contributed by atoms with Gasteiger partial charge in [-0.1, -0.05) is 0 Å². The fourth-order valence-corrected chi connectivity index (χ4v) is 1.74. The van der Waals surface area contributed by atoms with Gasteiger partial charge in [-0.2, -0.15) is 0 Å². The normalized spacial score (nSPS) is 13.7. The minimum absolute atomic E-state index is 0.0217. The lowest BCUT2D eigenvalue weighted by Gasteiger charge is -2.10. The van der Waals surface area contributed by atoms with Gasteiger partial charge in [-0.05, 0) is 37.8 Å². The van der Waals surface area contributed by atoms with Gasteiger partial charge in [0.2, 0.25) is 0 Å². The molecule has 108 valence electrons. The molecule has 2 rings (SSSR count). The zero-order valence-corrected chi connectivity index (χ0v) is 11.6. The number of ether oxygens (including phenoxy) is 2. The molecule has 1 heterocycles. The first kappa shape index (κ1) is 14.3. The van der Waals surface area contributed by atoms with Crippen LogP contribution in [0.5, 0.6) is 5.75 Å². The second-order valence-electron chi connectivity index (χ2n) is 4.62. The van der Waals surface area contributed by atoms with Gasteiger partial charge in [0.05, 0.1) is 13.7 Å². The predicted octanol–water partition coefficient (Wildman–Crippen LogP) is 1.41. The van der Waals surface area contributed by atoms with E-state index >= 15 is 0 Å². The number of hydrogen-bond acceptors (Lipinski definition) is 5. The predicted molar refractivity (Wildman–Crippen MR) is 71.8 cm³/mol. The molecule has 1 aromatic heterocycles. The van der Waals surface area contributed by atoms with Crippen molar-refractivity contribution in [3.8, 4) is 5.75 Å². The first-order valence-electron chi connectivity index (χ1n) is 6.66. The summed E-state index contributed by atoms with van der Waals surface area (Å²) in [5, 5.41) is 2.80. The Morgan fingerprint density at radius 2 is 2.15 bits per heavy atom. The van der Waals surface area contributed by atoms with Crippen LogP contribution in [0.25, 0.3) is 0 Å². The highest BCUT2D eigenvalue weighted by atomic mass is 16.5. The Hall–Kier alpha value is -2.11. The quantitative estimate of drug-likeness (QED) is 0.796. The highest BCUT2D eigenvalue weighted by Crippen LogP contribution is 2.27. The van der Waals surface area contributed by atoms with Gasteiger partial charge in [-0.15, -0.1) is 0 Å². The molecular formula is C14H18N2O4. The van der Waals surface area contributed by atoms with Gasteiger partial charge < -0.3 is 14.8 Å². The van der Waals surface area contributed by atoms with Crippen LogP contribution >= 0.6 is 0 Å². The van der Waals surface area contributed by atoms with Crippen molar-refractivity contribution in [1.29, 1.82) is 0 Å². The van der Waals surface area contributed by atoms with Gasteiger partial charge in [0, 0.05) is 6.54 Å². The molecule has 6 nitrogen and oxygen atoms in total. The molecule has 1 aromatic rings. The highest BCUT2D eigenvalue weighted by molar-refractivity contribution is 5.95. The van der Waals surface area contributed by atoms with Crippen molar-refractivity contribution in [2.45, 2.75) is 19.8 Å². The molecule has 1 aliphatic rings. The van der Waals surface area contributed by atoms with Crippen LogP contribution in [0.2, 0.25) is 0 Å². The van der Waals surface area contributed by atoms with Crippen LogP contribution in [-0.4, -0.2) is 37.1 Å². The molecule has 1 N–H and O–H groups in total. The van der Waals surface area contributed by atoms with Crippen molar-refractivity contribution >= 4 is 11.9 Å². The largest absolute Gasteiger partial charge is 0.491 e. The Balaban J connectivity index is 2.16. The molecule has 0 aliphatic heterocycles. The maximum Gasteiger partial charge on any atom is 0.360 e. The zero-order chi connectivity index (χ0) is 14.5. The SMILES string of the molecule is CCOc1ccc(C(=O)NCC2CC2)nc1C(=O)OC. The van der Waals surface area contributed by atoms with Gasteiger partial charge >= 0.3 is 5.97 Å². The van der Waals surface area contributed by atoms with E-state index in [0.29, 0.717) is 24.8 Å². The summed E-state index contributed by atoms with van der Waals surface area (Å²) in [5.74, 6) is -0.00443. The minimum Gasteiger partial charge on any atom is -0.491 e. The number of aromatic nitrogens is 1. The third kappa shape index (κ3) is 3.46. The highest BCUT2D eigenvalue weighted by Gasteiger charge is 2.23. The van der Waals surface area contributed by atoms with Crippen LogP contribution in [0.15, 0.2) is 12.1 Å². The number of nitrogens with one attached hydrogen (secondary N) is 1. The Morgan fingerprint density at radius 3 is 2.75 bits per heavy atom. The van der Waals surface area contributed by atoms with Crippen molar-refractivity contribution in [3.63, 3.8) is 0 Å². The molecule has 1 saturated carbocycles. The van der Waals surface area contributed by atoms with Crippen molar-refractivity contribution in [2.24, 2.45) is 5.92 Å². The number of rotatable bonds is 6. The Labute approximate surface area is 117 Å². The molecule has 0 aromatic carbocycles. The average molecular weight is 278 g/mol. The number of pyridine rings is 1. The van der Waals surface area contributed by atoms with Crippen LogP contribution in [0, 0.1) is 5.92 Å². The molecule has 0 spiro atoms. The standard InChI is InChI=1S/C14H18N2O4/c1-3-20-11-7-6-10(16-12(11)14(18)19-2)13(17)15-8-9-4-5-9/h6-7,9H,3-5,8H2,1-2H3,(H,15,17). The number of esters is 1. The maximum absolute atomic E-state index is 11.9. The third-order valence-electron chi connectivity index (χ3n) is 3.02. The second kappa shape index (κ2) is 6.36. The fourth-order valence-electron chi connectivity index (χ4n) is 1.74. The summed E-state index contributed by atoms with van der Waals surface area (Å²) in [6, 6.07) is 3.11. The first-order valence-corrected chi connectivity index (χ1v) is 6.66. The Morgan fingerprint density at radius 1 is 1.40 bits per heavy atom. The second-order valence-corrected chi connectivity index (χ2v) is 4.62. The molecule has 0 bridgehead atoms. The molecule has 0 radical (unpaired) electrons. The smallest absolute Gasteiger partial charge is 0.360 e. The number of nitrogens with zero attached hydrogens (tertiary/aromatic N) is 1. The van der Waals surface area contributed by atoms with Crippen molar-refractivity contribution < 1.29 is 19.1 Å². The summed E-state index contributed by atoms with van der Waals surface area (Å²) in [5.41, 5.74) is 0.211. The molecule has 20 heavy (non-hydrogen) atoms. The van der Waals surface area contributed by atoms with Gasteiger partial charge in [-0.3, -0.25) is 4.79 Å². The van der Waals surface area contributed by atoms with Crippen LogP contribution < -0.4 is 10.1 Å². The van der Waals surface area contributed by atoms with E-state index in [-0.39, 0.29) is 17.3 Å². The lowest BCUT2D eigenvalue weighted by atomic mass is 10.2. The zero-order valence-electron chi connectivity index (χ0n) is 11.6. The molecule has 0 atom stereocenters. The molecule has 1 fully saturated rings. The third-order valence-corrected chi connectivity index (χ3v) is 3.02. The van der Waals surface area contributed by atoms with Gasteiger partial charge in [-0.25, -0.2) is 9.78 Å². The van der Waals surface area contributed by atoms with Gasteiger partial charge in [0.15, 0.2) is 11.4 Å². The van der Waals surface area contributed by atoms with Crippen LogP contribution in [0.4, 0.5) is 0 Å². The van der Waals surface area contributed by atoms with E-state index in [0.717, 1.165) is 12.8 Å². The topological polar surface area (TPSA) is 77.5 Å². The van der Waals surface area contributed by atoms with E-state index in [1.165, 1.54) is 7.11 Å². The molecule has 0 saturated heterocycles. The van der Waals surface area contributed by atoms with Crippen molar-refractivity contribution in [1.82, 2.24) is 10.3 Å². The summed E-state index contributed by atoms with van der Waals surface area (Å²) < 4.78 is 9.96. The Bertz CT molecular complexity index is 512. The number of methoxy groups -OCH3 is 1. The Kier molecular flexibility index (Phi) is 4.55. The number of amides is 1. The van der Waals surface area contributed by atoms with Crippen LogP contribution in [-0.2, 0) is 4.74 Å². The number of carbonyl (C=O) groups excluding carboxylic acids is 2. The summed E-state index contributed by atoms with van der Waals surface area (Å²) >= 11 is 0. The molecule has 0 unspecified atom stereocenters. The van der Waals surface area contributed by atoms with E-state index in [9.17, 15) is 9.59 Å². The lowest BCUT2D eigenvalue weighted by molar-refractivity contribution is 0.0589. The van der Waals surface area contributed by atoms with E-state index < -0.39 is 5.97 Å². The lowest BCUT2D eigenvalue weighted by Crippen LogP contribution is -2.27. The van der Waals surface area contributed by atoms with E-state index in [2.05, 4.69) is 15.0 Å². The van der Waals surface area contributed by atoms with E-state index in [4.69, 9.17) is 4.74 Å². The summed E-state index contributed by atoms with van der Waals surface area (Å²) in [4.78, 5) is 27.7. The molecule has 6 heteroatoms.